The van der Waals surface area contributed by atoms with Crippen LogP contribution in [-0.4, -0.2) is 13.1 Å². The van der Waals surface area contributed by atoms with Crippen LogP contribution in [0, 0.1) is 11.7 Å². The van der Waals surface area contributed by atoms with Gasteiger partial charge in [0, 0.05) is 6.54 Å². The topological polar surface area (TPSA) is 12.0 Å². The summed E-state index contributed by atoms with van der Waals surface area (Å²) in [6.45, 7) is 8.51. The molecule has 1 aromatic rings. The van der Waals surface area contributed by atoms with Crippen LogP contribution < -0.4 is 5.32 Å². The Kier molecular flexibility index (Phi) is 4.76. The molecule has 0 heterocycles. The third kappa shape index (κ3) is 4.43. The van der Waals surface area contributed by atoms with Crippen LogP contribution in [0.3, 0.4) is 0 Å². The molecule has 2 heteroatoms. The number of hydrogen-bond donors (Lipinski definition) is 1. The monoisotopic (exact) mass is 209 g/mol. The SMILES string of the molecule is CC(C)CNCC(C)c1ccc(F)cc1. The molecule has 1 N–H and O–H groups in total. The quantitative estimate of drug-likeness (QED) is 0.785. The zero-order valence-corrected chi connectivity index (χ0v) is 9.76. The summed E-state index contributed by atoms with van der Waals surface area (Å²) in [5, 5.41) is 3.40. The summed E-state index contributed by atoms with van der Waals surface area (Å²) in [6, 6.07) is 6.76. The molecule has 0 spiro atoms. The van der Waals surface area contributed by atoms with Crippen LogP contribution in [0.5, 0.6) is 0 Å². The summed E-state index contributed by atoms with van der Waals surface area (Å²) in [7, 11) is 0. The average Bonchev–Trinajstić information content (AvgIpc) is 2.18. The van der Waals surface area contributed by atoms with Crippen molar-refractivity contribution in [2.24, 2.45) is 5.92 Å². The summed E-state index contributed by atoms with van der Waals surface area (Å²) < 4.78 is 12.7. The molecule has 0 aliphatic carbocycles. The second-order valence-electron chi connectivity index (χ2n) is 4.50. The van der Waals surface area contributed by atoms with Gasteiger partial charge in [0.25, 0.3) is 0 Å². The minimum atomic E-state index is -0.166. The van der Waals surface area contributed by atoms with Crippen LogP contribution in [0.1, 0.15) is 32.3 Å². The van der Waals surface area contributed by atoms with Gasteiger partial charge < -0.3 is 5.32 Å². The van der Waals surface area contributed by atoms with Crippen molar-refractivity contribution in [3.63, 3.8) is 0 Å². The van der Waals surface area contributed by atoms with E-state index in [-0.39, 0.29) is 5.82 Å². The fourth-order valence-corrected chi connectivity index (χ4v) is 1.50. The van der Waals surface area contributed by atoms with E-state index in [1.807, 2.05) is 12.1 Å². The van der Waals surface area contributed by atoms with Crippen LogP contribution in [0.15, 0.2) is 24.3 Å². The van der Waals surface area contributed by atoms with Gasteiger partial charge in [-0.2, -0.15) is 0 Å². The van der Waals surface area contributed by atoms with Crippen LogP contribution in [0.4, 0.5) is 4.39 Å². The van der Waals surface area contributed by atoms with Gasteiger partial charge in [0.1, 0.15) is 5.82 Å². The van der Waals surface area contributed by atoms with Crippen molar-refractivity contribution in [1.82, 2.24) is 5.32 Å². The lowest BCUT2D eigenvalue weighted by Gasteiger charge is -2.14. The Bertz CT molecular complexity index is 279. The minimum absolute atomic E-state index is 0.166. The van der Waals surface area contributed by atoms with Crippen LogP contribution in [-0.2, 0) is 0 Å². The Hall–Kier alpha value is -0.890. The molecule has 1 atom stereocenters. The second-order valence-corrected chi connectivity index (χ2v) is 4.50. The second kappa shape index (κ2) is 5.86. The Morgan fingerprint density at radius 3 is 2.20 bits per heavy atom. The smallest absolute Gasteiger partial charge is 0.123 e. The molecule has 0 aromatic heterocycles. The maximum Gasteiger partial charge on any atom is 0.123 e. The molecule has 0 saturated heterocycles. The Balaban J connectivity index is 2.40. The highest BCUT2D eigenvalue weighted by atomic mass is 19.1. The summed E-state index contributed by atoms with van der Waals surface area (Å²) >= 11 is 0. The van der Waals surface area contributed by atoms with E-state index in [1.54, 1.807) is 0 Å². The molecule has 0 saturated carbocycles. The predicted octanol–water partition coefficient (Wildman–Crippen LogP) is 3.17. The van der Waals surface area contributed by atoms with Gasteiger partial charge in [-0.3, -0.25) is 0 Å². The van der Waals surface area contributed by atoms with Gasteiger partial charge in [0.05, 0.1) is 0 Å². The van der Waals surface area contributed by atoms with E-state index in [2.05, 4.69) is 26.1 Å². The lowest BCUT2D eigenvalue weighted by atomic mass is 10.0. The van der Waals surface area contributed by atoms with Crippen molar-refractivity contribution >= 4 is 0 Å². The number of rotatable bonds is 5. The Labute approximate surface area is 91.7 Å². The molecule has 0 fully saturated rings. The van der Waals surface area contributed by atoms with Gasteiger partial charge in [-0.05, 0) is 36.1 Å². The fourth-order valence-electron chi connectivity index (χ4n) is 1.50. The maximum atomic E-state index is 12.7. The highest BCUT2D eigenvalue weighted by Gasteiger charge is 2.05. The van der Waals surface area contributed by atoms with E-state index >= 15 is 0 Å². The molecule has 1 rings (SSSR count). The van der Waals surface area contributed by atoms with Crippen molar-refractivity contribution in [2.75, 3.05) is 13.1 Å². The Morgan fingerprint density at radius 1 is 1.07 bits per heavy atom. The van der Waals surface area contributed by atoms with E-state index in [1.165, 1.54) is 17.7 Å². The maximum absolute atomic E-state index is 12.7. The molecule has 1 nitrogen and oxygen atoms in total. The number of halogens is 1. The van der Waals surface area contributed by atoms with Gasteiger partial charge in [-0.1, -0.05) is 32.9 Å². The first-order valence-corrected chi connectivity index (χ1v) is 5.55. The van der Waals surface area contributed by atoms with Gasteiger partial charge in [0.15, 0.2) is 0 Å². The first kappa shape index (κ1) is 12.2. The van der Waals surface area contributed by atoms with Crippen LogP contribution >= 0.6 is 0 Å². The third-order valence-corrected chi connectivity index (χ3v) is 2.44. The fraction of sp³-hybridized carbons (Fsp3) is 0.538. The molecule has 0 bridgehead atoms. The molecule has 0 radical (unpaired) electrons. The minimum Gasteiger partial charge on any atom is -0.316 e. The molecule has 0 aliphatic heterocycles. The van der Waals surface area contributed by atoms with Gasteiger partial charge in [-0.15, -0.1) is 0 Å². The van der Waals surface area contributed by atoms with Crippen molar-refractivity contribution in [3.05, 3.63) is 35.6 Å². The van der Waals surface area contributed by atoms with Crippen molar-refractivity contribution in [2.45, 2.75) is 26.7 Å². The highest BCUT2D eigenvalue weighted by Crippen LogP contribution is 2.14. The number of nitrogens with one attached hydrogen (secondary N) is 1. The first-order valence-electron chi connectivity index (χ1n) is 5.55. The molecular formula is C13H20FN. The van der Waals surface area contributed by atoms with E-state index in [0.29, 0.717) is 11.8 Å². The lowest BCUT2D eigenvalue weighted by Crippen LogP contribution is -2.24. The molecule has 1 unspecified atom stereocenters. The summed E-state index contributed by atoms with van der Waals surface area (Å²) in [4.78, 5) is 0. The van der Waals surface area contributed by atoms with Gasteiger partial charge in [0.2, 0.25) is 0 Å². The number of benzene rings is 1. The molecular weight excluding hydrogens is 189 g/mol. The zero-order chi connectivity index (χ0) is 11.3. The van der Waals surface area contributed by atoms with Crippen molar-refractivity contribution in [1.29, 1.82) is 0 Å². The van der Waals surface area contributed by atoms with E-state index in [0.717, 1.165) is 13.1 Å². The molecule has 84 valence electrons. The molecule has 0 amide bonds. The van der Waals surface area contributed by atoms with E-state index < -0.39 is 0 Å². The summed E-state index contributed by atoms with van der Waals surface area (Å²) in [5.74, 6) is 0.941. The average molecular weight is 209 g/mol. The number of hydrogen-bond acceptors (Lipinski definition) is 1. The largest absolute Gasteiger partial charge is 0.316 e. The van der Waals surface area contributed by atoms with Gasteiger partial charge >= 0.3 is 0 Å². The predicted molar refractivity (Wildman–Crippen MR) is 62.5 cm³/mol. The third-order valence-electron chi connectivity index (χ3n) is 2.44. The van der Waals surface area contributed by atoms with Crippen LogP contribution in [0.2, 0.25) is 0 Å². The Morgan fingerprint density at radius 2 is 1.67 bits per heavy atom. The summed E-state index contributed by atoms with van der Waals surface area (Å²) in [6.07, 6.45) is 0. The van der Waals surface area contributed by atoms with Crippen molar-refractivity contribution in [3.8, 4) is 0 Å². The standard InChI is InChI=1S/C13H20FN/c1-10(2)8-15-9-11(3)12-4-6-13(14)7-5-12/h4-7,10-11,15H,8-9H2,1-3H3. The van der Waals surface area contributed by atoms with Gasteiger partial charge in [-0.25, -0.2) is 4.39 Å². The first-order chi connectivity index (χ1) is 7.09. The van der Waals surface area contributed by atoms with E-state index in [9.17, 15) is 4.39 Å². The molecule has 15 heavy (non-hydrogen) atoms. The summed E-state index contributed by atoms with van der Waals surface area (Å²) in [5.41, 5.74) is 1.19. The molecule has 1 aromatic carbocycles. The molecule has 0 aliphatic rings. The normalized spacial score (nSPS) is 13.1. The zero-order valence-electron chi connectivity index (χ0n) is 9.76. The van der Waals surface area contributed by atoms with E-state index in [4.69, 9.17) is 0 Å². The highest BCUT2D eigenvalue weighted by molar-refractivity contribution is 5.20. The van der Waals surface area contributed by atoms with Crippen LogP contribution in [0.25, 0.3) is 0 Å². The lowest BCUT2D eigenvalue weighted by molar-refractivity contribution is 0.528. The van der Waals surface area contributed by atoms with Crippen molar-refractivity contribution < 1.29 is 4.39 Å².